The summed E-state index contributed by atoms with van der Waals surface area (Å²) in [6.07, 6.45) is 0.669. The Hall–Kier alpha value is -1.63. The Bertz CT molecular complexity index is 505. The van der Waals surface area contributed by atoms with E-state index in [4.69, 9.17) is 4.74 Å². The van der Waals surface area contributed by atoms with Crippen LogP contribution in [0.4, 0.5) is 0 Å². The van der Waals surface area contributed by atoms with Gasteiger partial charge in [0.05, 0.1) is 13.2 Å². The molecule has 0 bridgehead atoms. The summed E-state index contributed by atoms with van der Waals surface area (Å²) in [5.74, 6) is -0.679. The second kappa shape index (κ2) is 4.93. The Morgan fingerprint density at radius 3 is 2.89 bits per heavy atom. The van der Waals surface area contributed by atoms with Crippen LogP contribution in [-0.2, 0) is 22.7 Å². The van der Waals surface area contributed by atoms with Crippen LogP contribution in [0, 0.1) is 5.92 Å². The van der Waals surface area contributed by atoms with Crippen LogP contribution in [-0.4, -0.2) is 32.0 Å². The van der Waals surface area contributed by atoms with Crippen LogP contribution >= 0.6 is 0 Å². The standard InChI is InChI=1S/C11H17N3O4/c1-3-7(2)9(10(15)16)14-11(17)13-4-5-18-6-8(13)12-14/h7,9H,3-6H2,1-2H3,(H,15,16)/t7-,9+/m0/s1. The molecule has 1 aromatic heterocycles. The lowest BCUT2D eigenvalue weighted by molar-refractivity contribution is -0.143. The average molecular weight is 255 g/mol. The summed E-state index contributed by atoms with van der Waals surface area (Å²) in [6.45, 7) is 4.85. The number of fused-ring (bicyclic) bond motifs is 1. The van der Waals surface area contributed by atoms with Crippen LogP contribution in [0.1, 0.15) is 32.1 Å². The number of carboxylic acids is 1. The second-order valence-electron chi connectivity index (χ2n) is 4.52. The van der Waals surface area contributed by atoms with Crippen LogP contribution in [0.5, 0.6) is 0 Å². The number of hydrogen-bond acceptors (Lipinski definition) is 4. The number of nitrogens with zero attached hydrogens (tertiary/aromatic N) is 3. The van der Waals surface area contributed by atoms with Crippen LogP contribution in [0.15, 0.2) is 4.79 Å². The lowest BCUT2D eigenvalue weighted by Gasteiger charge is -2.17. The third-order valence-corrected chi connectivity index (χ3v) is 3.35. The number of ether oxygens (including phenoxy) is 1. The Kier molecular flexibility index (Phi) is 3.51. The van der Waals surface area contributed by atoms with Gasteiger partial charge in [-0.15, -0.1) is 0 Å². The van der Waals surface area contributed by atoms with Gasteiger partial charge in [0, 0.05) is 0 Å². The van der Waals surface area contributed by atoms with Crippen molar-refractivity contribution >= 4 is 5.97 Å². The summed E-state index contributed by atoms with van der Waals surface area (Å²) in [5, 5.41) is 13.4. The van der Waals surface area contributed by atoms with Gasteiger partial charge in [-0.1, -0.05) is 20.3 Å². The highest BCUT2D eigenvalue weighted by Gasteiger charge is 2.30. The first-order valence-electron chi connectivity index (χ1n) is 6.05. The molecule has 1 aromatic rings. The first-order chi connectivity index (χ1) is 8.56. The molecule has 0 amide bonds. The minimum atomic E-state index is -1.03. The van der Waals surface area contributed by atoms with Gasteiger partial charge >= 0.3 is 11.7 Å². The number of aliphatic carboxylic acids is 1. The largest absolute Gasteiger partial charge is 0.480 e. The van der Waals surface area contributed by atoms with Gasteiger partial charge in [-0.3, -0.25) is 4.57 Å². The minimum absolute atomic E-state index is 0.155. The fourth-order valence-electron chi connectivity index (χ4n) is 2.10. The Labute approximate surface area is 104 Å². The molecule has 7 nitrogen and oxygen atoms in total. The first kappa shape index (κ1) is 12.8. The zero-order valence-corrected chi connectivity index (χ0v) is 10.5. The van der Waals surface area contributed by atoms with Gasteiger partial charge in [0.1, 0.15) is 6.61 Å². The predicted molar refractivity (Wildman–Crippen MR) is 62.3 cm³/mol. The lowest BCUT2D eigenvalue weighted by atomic mass is 10.00. The van der Waals surface area contributed by atoms with Crippen LogP contribution < -0.4 is 5.69 Å². The molecule has 1 aliphatic heterocycles. The van der Waals surface area contributed by atoms with Crippen molar-refractivity contribution in [3.05, 3.63) is 16.3 Å². The molecule has 0 radical (unpaired) electrons. The van der Waals surface area contributed by atoms with Crippen LogP contribution in [0.25, 0.3) is 0 Å². The van der Waals surface area contributed by atoms with E-state index in [0.717, 1.165) is 4.68 Å². The minimum Gasteiger partial charge on any atom is -0.480 e. The summed E-state index contributed by atoms with van der Waals surface area (Å²) in [4.78, 5) is 23.4. The Morgan fingerprint density at radius 1 is 1.61 bits per heavy atom. The molecule has 0 saturated heterocycles. The quantitative estimate of drug-likeness (QED) is 0.833. The van der Waals surface area contributed by atoms with Crippen molar-refractivity contribution in [1.29, 1.82) is 0 Å². The molecule has 0 unspecified atom stereocenters. The molecular formula is C11H17N3O4. The third kappa shape index (κ3) is 2.05. The predicted octanol–water partition coefficient (Wildman–Crippen LogP) is 0.247. The maximum Gasteiger partial charge on any atom is 0.346 e. The van der Waals surface area contributed by atoms with E-state index in [0.29, 0.717) is 25.4 Å². The topological polar surface area (TPSA) is 86.4 Å². The molecule has 1 N–H and O–H groups in total. The summed E-state index contributed by atoms with van der Waals surface area (Å²) >= 11 is 0. The number of carbonyl (C=O) groups is 1. The molecule has 18 heavy (non-hydrogen) atoms. The molecule has 2 heterocycles. The van der Waals surface area contributed by atoms with E-state index in [2.05, 4.69) is 5.10 Å². The molecule has 0 saturated carbocycles. The maximum absolute atomic E-state index is 12.1. The molecule has 100 valence electrons. The molecule has 0 spiro atoms. The zero-order chi connectivity index (χ0) is 13.3. The Balaban J connectivity index is 2.45. The monoisotopic (exact) mass is 255 g/mol. The van der Waals surface area contributed by atoms with Crippen molar-refractivity contribution < 1.29 is 14.6 Å². The lowest BCUT2D eigenvalue weighted by Crippen LogP contribution is -2.36. The molecule has 0 aliphatic carbocycles. The highest BCUT2D eigenvalue weighted by Crippen LogP contribution is 2.19. The van der Waals surface area contributed by atoms with E-state index < -0.39 is 12.0 Å². The summed E-state index contributed by atoms with van der Waals surface area (Å²) < 4.78 is 7.78. The van der Waals surface area contributed by atoms with Crippen LogP contribution in [0.3, 0.4) is 0 Å². The maximum atomic E-state index is 12.1. The van der Waals surface area contributed by atoms with Gasteiger partial charge in [0.2, 0.25) is 0 Å². The molecule has 2 atom stereocenters. The van der Waals surface area contributed by atoms with Gasteiger partial charge in [-0.05, 0) is 5.92 Å². The number of aromatic nitrogens is 3. The highest BCUT2D eigenvalue weighted by molar-refractivity contribution is 5.72. The fourth-order valence-corrected chi connectivity index (χ4v) is 2.10. The summed E-state index contributed by atoms with van der Waals surface area (Å²) in [7, 11) is 0. The van der Waals surface area contributed by atoms with Gasteiger partial charge in [0.25, 0.3) is 0 Å². The third-order valence-electron chi connectivity index (χ3n) is 3.35. The van der Waals surface area contributed by atoms with E-state index in [9.17, 15) is 14.7 Å². The van der Waals surface area contributed by atoms with Crippen molar-refractivity contribution in [1.82, 2.24) is 14.3 Å². The average Bonchev–Trinajstić information content (AvgIpc) is 2.67. The summed E-state index contributed by atoms with van der Waals surface area (Å²) in [6, 6.07) is -0.916. The van der Waals surface area contributed by atoms with Gasteiger partial charge in [0.15, 0.2) is 11.9 Å². The first-order valence-corrected chi connectivity index (χ1v) is 6.05. The van der Waals surface area contributed by atoms with Crippen molar-refractivity contribution in [3.63, 3.8) is 0 Å². The zero-order valence-electron chi connectivity index (χ0n) is 10.5. The Morgan fingerprint density at radius 2 is 2.33 bits per heavy atom. The molecular weight excluding hydrogens is 238 g/mol. The van der Waals surface area contributed by atoms with Crippen molar-refractivity contribution in [2.45, 2.75) is 39.5 Å². The van der Waals surface area contributed by atoms with E-state index in [1.165, 1.54) is 4.57 Å². The number of carboxylic acid groups (broad SMARTS) is 1. The van der Waals surface area contributed by atoms with E-state index >= 15 is 0 Å². The SMILES string of the molecule is CC[C@H](C)[C@H](C(=O)O)n1nc2n(c1=O)CCOC2. The second-order valence-corrected chi connectivity index (χ2v) is 4.52. The van der Waals surface area contributed by atoms with Crippen molar-refractivity contribution in [2.24, 2.45) is 5.92 Å². The normalized spacial score (nSPS) is 18.1. The molecule has 1 aliphatic rings. The van der Waals surface area contributed by atoms with Crippen molar-refractivity contribution in [3.8, 4) is 0 Å². The molecule has 2 rings (SSSR count). The van der Waals surface area contributed by atoms with Crippen molar-refractivity contribution in [2.75, 3.05) is 6.61 Å². The van der Waals surface area contributed by atoms with Gasteiger partial charge < -0.3 is 9.84 Å². The van der Waals surface area contributed by atoms with Gasteiger partial charge in [-0.25, -0.2) is 9.59 Å². The summed E-state index contributed by atoms with van der Waals surface area (Å²) in [5.41, 5.74) is -0.360. The molecule has 0 aromatic carbocycles. The van der Waals surface area contributed by atoms with Crippen LogP contribution in [0.2, 0.25) is 0 Å². The van der Waals surface area contributed by atoms with Gasteiger partial charge in [-0.2, -0.15) is 9.78 Å². The number of rotatable bonds is 4. The molecule has 0 fully saturated rings. The fraction of sp³-hybridized carbons (Fsp3) is 0.727. The number of hydrogen-bond donors (Lipinski definition) is 1. The molecule has 7 heteroatoms. The van der Waals surface area contributed by atoms with E-state index in [1.54, 1.807) is 6.92 Å². The van der Waals surface area contributed by atoms with E-state index in [1.807, 2.05) is 6.92 Å². The van der Waals surface area contributed by atoms with E-state index in [-0.39, 0.29) is 18.2 Å². The highest BCUT2D eigenvalue weighted by atomic mass is 16.5. The smallest absolute Gasteiger partial charge is 0.346 e.